The standard InChI is InChI=1S/C19H20O2S2/c1-15(11-13-23(20,21)18-7-3-2-4-8-18)16-9-10-19-17(14-16)6-5-12-22-19/h2-4,7-11,14H,5-6,12-13H2,1H3/b15-11+. The number of allylic oxidation sites excluding steroid dienone is 1. The van der Waals surface area contributed by atoms with Crippen LogP contribution in [0.5, 0.6) is 0 Å². The minimum absolute atomic E-state index is 0.0364. The highest BCUT2D eigenvalue weighted by Crippen LogP contribution is 2.32. The Balaban J connectivity index is 1.80. The van der Waals surface area contributed by atoms with Crippen molar-refractivity contribution < 1.29 is 8.42 Å². The van der Waals surface area contributed by atoms with Crippen LogP contribution >= 0.6 is 11.8 Å². The maximum Gasteiger partial charge on any atom is 0.181 e. The highest BCUT2D eigenvalue weighted by atomic mass is 32.2. The summed E-state index contributed by atoms with van der Waals surface area (Å²) in [5.74, 6) is 1.23. The number of benzene rings is 2. The molecule has 23 heavy (non-hydrogen) atoms. The summed E-state index contributed by atoms with van der Waals surface area (Å²) in [4.78, 5) is 1.75. The Hall–Kier alpha value is -1.52. The summed E-state index contributed by atoms with van der Waals surface area (Å²) >= 11 is 1.91. The maximum absolute atomic E-state index is 12.4. The van der Waals surface area contributed by atoms with Gasteiger partial charge in [-0.3, -0.25) is 0 Å². The topological polar surface area (TPSA) is 34.1 Å². The molecule has 0 bridgehead atoms. The summed E-state index contributed by atoms with van der Waals surface area (Å²) in [6.45, 7) is 1.98. The highest BCUT2D eigenvalue weighted by Gasteiger charge is 2.13. The molecule has 1 aliphatic rings. The van der Waals surface area contributed by atoms with Crippen molar-refractivity contribution in [2.24, 2.45) is 0 Å². The first-order chi connectivity index (χ1) is 11.1. The van der Waals surface area contributed by atoms with E-state index in [-0.39, 0.29) is 5.75 Å². The molecule has 2 aromatic rings. The lowest BCUT2D eigenvalue weighted by Gasteiger charge is -2.16. The van der Waals surface area contributed by atoms with Crippen LogP contribution in [0.25, 0.3) is 5.57 Å². The van der Waals surface area contributed by atoms with Crippen LogP contribution in [-0.4, -0.2) is 19.9 Å². The van der Waals surface area contributed by atoms with Crippen LogP contribution in [0.15, 0.2) is 64.4 Å². The van der Waals surface area contributed by atoms with E-state index in [0.717, 1.165) is 17.6 Å². The molecule has 0 unspecified atom stereocenters. The van der Waals surface area contributed by atoms with Crippen molar-refractivity contribution in [2.45, 2.75) is 29.6 Å². The molecule has 120 valence electrons. The number of aryl methyl sites for hydroxylation is 1. The van der Waals surface area contributed by atoms with Crippen LogP contribution in [0.2, 0.25) is 0 Å². The van der Waals surface area contributed by atoms with Gasteiger partial charge in [0.15, 0.2) is 9.84 Å². The van der Waals surface area contributed by atoms with Gasteiger partial charge in [0.1, 0.15) is 0 Å². The summed E-state index contributed by atoms with van der Waals surface area (Å²) < 4.78 is 24.7. The van der Waals surface area contributed by atoms with Crippen molar-refractivity contribution >= 4 is 27.2 Å². The molecule has 2 nitrogen and oxygen atoms in total. The second-order valence-electron chi connectivity index (χ2n) is 5.76. The third-order valence-corrected chi connectivity index (χ3v) is 6.87. The van der Waals surface area contributed by atoms with Gasteiger partial charge in [0, 0.05) is 4.90 Å². The molecule has 4 heteroatoms. The molecule has 0 aromatic heterocycles. The zero-order valence-corrected chi connectivity index (χ0v) is 14.8. The molecule has 0 saturated carbocycles. The lowest BCUT2D eigenvalue weighted by atomic mass is 10.0. The van der Waals surface area contributed by atoms with Gasteiger partial charge in [-0.25, -0.2) is 8.42 Å². The number of thioether (sulfide) groups is 1. The van der Waals surface area contributed by atoms with Gasteiger partial charge < -0.3 is 0 Å². The molecule has 1 heterocycles. The summed E-state index contributed by atoms with van der Waals surface area (Å²) in [7, 11) is -3.26. The number of sulfone groups is 1. The molecule has 3 rings (SSSR count). The van der Waals surface area contributed by atoms with Crippen LogP contribution in [0.4, 0.5) is 0 Å². The minimum Gasteiger partial charge on any atom is -0.223 e. The Morgan fingerprint density at radius 2 is 1.96 bits per heavy atom. The van der Waals surface area contributed by atoms with Crippen LogP contribution in [0.3, 0.4) is 0 Å². The fraction of sp³-hybridized carbons (Fsp3) is 0.263. The van der Waals surface area contributed by atoms with Crippen LogP contribution < -0.4 is 0 Å². The van der Waals surface area contributed by atoms with Gasteiger partial charge in [0.05, 0.1) is 10.6 Å². The van der Waals surface area contributed by atoms with Gasteiger partial charge in [-0.2, -0.15) is 0 Å². The van der Waals surface area contributed by atoms with E-state index in [1.165, 1.54) is 22.6 Å². The van der Waals surface area contributed by atoms with E-state index in [2.05, 4.69) is 18.2 Å². The Kier molecular flexibility index (Phi) is 4.93. The molecule has 0 spiro atoms. The zero-order chi connectivity index (χ0) is 16.3. The number of fused-ring (bicyclic) bond motifs is 1. The maximum atomic E-state index is 12.4. The van der Waals surface area contributed by atoms with Crippen molar-refractivity contribution in [3.05, 3.63) is 65.7 Å². The van der Waals surface area contributed by atoms with Crippen LogP contribution in [-0.2, 0) is 16.3 Å². The fourth-order valence-electron chi connectivity index (χ4n) is 2.68. The largest absolute Gasteiger partial charge is 0.223 e. The highest BCUT2D eigenvalue weighted by molar-refractivity contribution is 7.99. The van der Waals surface area contributed by atoms with Crippen molar-refractivity contribution in [1.29, 1.82) is 0 Å². The zero-order valence-electron chi connectivity index (χ0n) is 13.2. The fourth-order valence-corrected chi connectivity index (χ4v) is 4.94. The smallest absolute Gasteiger partial charge is 0.181 e. The molecule has 0 saturated heterocycles. The SMILES string of the molecule is C/C(=C\CS(=O)(=O)c1ccccc1)c1ccc2c(c1)CCCS2. The summed E-state index contributed by atoms with van der Waals surface area (Å²) in [5.41, 5.74) is 3.52. The molecule has 0 atom stereocenters. The summed E-state index contributed by atoms with van der Waals surface area (Å²) in [6.07, 6.45) is 4.15. The average Bonchev–Trinajstić information content (AvgIpc) is 2.60. The molecule has 1 aliphatic heterocycles. The number of rotatable bonds is 4. The Morgan fingerprint density at radius 1 is 1.17 bits per heavy atom. The van der Waals surface area contributed by atoms with Gasteiger partial charge >= 0.3 is 0 Å². The first-order valence-electron chi connectivity index (χ1n) is 7.77. The lowest BCUT2D eigenvalue weighted by Crippen LogP contribution is -2.05. The van der Waals surface area contributed by atoms with Gasteiger partial charge in [-0.15, -0.1) is 11.8 Å². The van der Waals surface area contributed by atoms with Crippen molar-refractivity contribution in [3.63, 3.8) is 0 Å². The molecule has 0 fully saturated rings. The van der Waals surface area contributed by atoms with Crippen LogP contribution in [0.1, 0.15) is 24.5 Å². The Labute approximate surface area is 142 Å². The lowest BCUT2D eigenvalue weighted by molar-refractivity contribution is 0.599. The summed E-state index contributed by atoms with van der Waals surface area (Å²) in [6, 6.07) is 15.1. The van der Waals surface area contributed by atoms with E-state index >= 15 is 0 Å². The molecular weight excluding hydrogens is 324 g/mol. The van der Waals surface area contributed by atoms with E-state index in [9.17, 15) is 8.42 Å². The second kappa shape index (κ2) is 6.93. The predicted molar refractivity (Wildman–Crippen MR) is 97.6 cm³/mol. The third-order valence-electron chi connectivity index (χ3n) is 4.08. The normalized spacial score (nSPS) is 15.3. The number of hydrogen-bond acceptors (Lipinski definition) is 3. The molecule has 0 aliphatic carbocycles. The predicted octanol–water partition coefficient (Wildman–Crippen LogP) is 4.60. The molecule has 0 N–H and O–H groups in total. The number of hydrogen-bond donors (Lipinski definition) is 0. The van der Waals surface area contributed by atoms with Crippen LogP contribution in [0, 0.1) is 0 Å². The van der Waals surface area contributed by atoms with Gasteiger partial charge in [0.2, 0.25) is 0 Å². The Bertz CT molecular complexity index is 822. The van der Waals surface area contributed by atoms with E-state index in [4.69, 9.17) is 0 Å². The first kappa shape index (κ1) is 16.3. The average molecular weight is 345 g/mol. The quantitative estimate of drug-likeness (QED) is 0.813. The monoisotopic (exact) mass is 344 g/mol. The molecule has 2 aromatic carbocycles. The van der Waals surface area contributed by atoms with Crippen molar-refractivity contribution in [1.82, 2.24) is 0 Å². The third kappa shape index (κ3) is 3.88. The molecule has 0 amide bonds. The van der Waals surface area contributed by atoms with Gasteiger partial charge in [-0.05, 0) is 60.4 Å². The Morgan fingerprint density at radius 3 is 2.74 bits per heavy atom. The van der Waals surface area contributed by atoms with Crippen molar-refractivity contribution in [3.8, 4) is 0 Å². The second-order valence-corrected chi connectivity index (χ2v) is 8.93. The van der Waals surface area contributed by atoms with Crippen molar-refractivity contribution in [2.75, 3.05) is 11.5 Å². The van der Waals surface area contributed by atoms with E-state index in [1.807, 2.05) is 30.8 Å². The summed E-state index contributed by atoms with van der Waals surface area (Å²) in [5, 5.41) is 0. The van der Waals surface area contributed by atoms with E-state index in [1.54, 1.807) is 24.3 Å². The first-order valence-corrected chi connectivity index (χ1v) is 10.4. The van der Waals surface area contributed by atoms with E-state index < -0.39 is 9.84 Å². The van der Waals surface area contributed by atoms with Gasteiger partial charge in [-0.1, -0.05) is 36.4 Å². The molecule has 0 radical (unpaired) electrons. The van der Waals surface area contributed by atoms with Gasteiger partial charge in [0.25, 0.3) is 0 Å². The van der Waals surface area contributed by atoms with E-state index in [0.29, 0.717) is 4.90 Å². The molecular formula is C19H20O2S2. The minimum atomic E-state index is -3.26.